The summed E-state index contributed by atoms with van der Waals surface area (Å²) < 4.78 is 96.0. The van der Waals surface area contributed by atoms with E-state index in [1.807, 2.05) is 0 Å². The number of rotatable bonds is 8. The summed E-state index contributed by atoms with van der Waals surface area (Å²) >= 11 is 0. The highest BCUT2D eigenvalue weighted by atomic mass is 32.2. The smallest absolute Gasteiger partial charge is 0.333 e. The monoisotopic (exact) mass is 670 g/mol. The van der Waals surface area contributed by atoms with Crippen molar-refractivity contribution < 1.29 is 53.5 Å². The van der Waals surface area contributed by atoms with Gasteiger partial charge in [-0.05, 0) is 24.3 Å². The Kier molecular flexibility index (Phi) is 9.12. The van der Waals surface area contributed by atoms with Gasteiger partial charge < -0.3 is 22.9 Å². The van der Waals surface area contributed by atoms with Crippen molar-refractivity contribution in [2.45, 2.75) is 19.6 Å². The fourth-order valence-corrected chi connectivity index (χ4v) is 6.23. The molecule has 0 atom stereocenters. The van der Waals surface area contributed by atoms with E-state index < -0.39 is 96.5 Å². The normalized spacial score (nSPS) is 11.9. The Morgan fingerprint density at radius 2 is 0.767 bits per heavy atom. The first-order valence-corrected chi connectivity index (χ1v) is 14.6. The minimum absolute atomic E-state index is 0.113. The van der Waals surface area contributed by atoms with E-state index in [4.69, 9.17) is 46.3 Å². The molecule has 18 N–H and O–H groups in total. The molecule has 236 valence electrons. The van der Waals surface area contributed by atoms with Gasteiger partial charge in [-0.15, -0.1) is 0 Å². The molecule has 2 aromatic rings. The topological polar surface area (TPSA) is 432 Å². The molecular formula is C16H22N12O12S3. The van der Waals surface area contributed by atoms with Crippen LogP contribution in [0.5, 0.6) is 0 Å². The number of nitrogens with two attached hydrogens (primary N) is 8. The number of urea groups is 4. The summed E-state index contributed by atoms with van der Waals surface area (Å²) in [5.74, 6) is 21.9. The van der Waals surface area contributed by atoms with Crippen molar-refractivity contribution in [3.63, 3.8) is 0 Å². The lowest BCUT2D eigenvalue weighted by atomic mass is 10.2. The average Bonchev–Trinajstić information content (AvgIpc) is 2.88. The maximum absolute atomic E-state index is 13.7. The van der Waals surface area contributed by atoms with Gasteiger partial charge in [-0.25, -0.2) is 71.0 Å². The van der Waals surface area contributed by atoms with Gasteiger partial charge in [0.05, 0.1) is 21.2 Å². The van der Waals surface area contributed by atoms with Gasteiger partial charge in [0.1, 0.15) is 21.2 Å². The molecule has 0 radical (unpaired) electrons. The molecule has 2 rings (SSSR count). The number of hydrogen-bond acceptors (Lipinski definition) is 14. The SMILES string of the molecule is NC(=O)N(N)c1cc(S(=O)(=O)c2cc(N(N)C(N)=O)c(N(N)C(N)=O)c(S(=O)(=O)O)c2)cc(S(=O)(=O)O)c1N(N)C(N)=O. The number of hydrogen-bond donors (Lipinski definition) is 10. The van der Waals surface area contributed by atoms with Gasteiger partial charge in [-0.1, -0.05) is 0 Å². The van der Waals surface area contributed by atoms with E-state index in [-0.39, 0.29) is 32.2 Å². The Balaban J connectivity index is 3.23. The average molecular weight is 671 g/mol. The first-order valence-electron chi connectivity index (χ1n) is 10.3. The van der Waals surface area contributed by atoms with Gasteiger partial charge >= 0.3 is 24.1 Å². The molecule has 0 saturated heterocycles. The highest BCUT2D eigenvalue weighted by Crippen LogP contribution is 2.41. The van der Waals surface area contributed by atoms with Crippen LogP contribution in [0.1, 0.15) is 0 Å². The van der Waals surface area contributed by atoms with Crippen LogP contribution in [0.25, 0.3) is 0 Å². The predicted octanol–water partition coefficient (Wildman–Crippen LogP) is -3.95. The van der Waals surface area contributed by atoms with Crippen LogP contribution in [0.4, 0.5) is 41.9 Å². The molecule has 43 heavy (non-hydrogen) atoms. The molecule has 0 spiro atoms. The van der Waals surface area contributed by atoms with E-state index in [0.717, 1.165) is 0 Å². The van der Waals surface area contributed by atoms with Crippen LogP contribution in [0, 0.1) is 0 Å². The Bertz CT molecular complexity index is 1750. The van der Waals surface area contributed by atoms with Crippen molar-refractivity contribution in [3.05, 3.63) is 24.3 Å². The van der Waals surface area contributed by atoms with Gasteiger partial charge in [0.2, 0.25) is 9.84 Å². The summed E-state index contributed by atoms with van der Waals surface area (Å²) in [6.07, 6.45) is 0. The molecule has 0 aliphatic carbocycles. The van der Waals surface area contributed by atoms with Crippen LogP contribution in [-0.4, -0.2) is 58.5 Å². The van der Waals surface area contributed by atoms with Crippen LogP contribution in [-0.2, 0) is 30.1 Å². The summed E-state index contributed by atoms with van der Waals surface area (Å²) in [5, 5.41) is -0.532. The number of nitrogens with zero attached hydrogens (tertiary/aromatic N) is 4. The zero-order valence-corrected chi connectivity index (χ0v) is 23.4. The first kappa shape index (κ1) is 34.3. The lowest BCUT2D eigenvalue weighted by molar-refractivity contribution is 0.252. The molecule has 24 nitrogen and oxygen atoms in total. The second kappa shape index (κ2) is 11.4. The van der Waals surface area contributed by atoms with Crippen LogP contribution < -0.4 is 66.3 Å². The quantitative estimate of drug-likeness (QED) is 0.0554. The number of benzene rings is 2. The lowest BCUT2D eigenvalue weighted by Crippen LogP contribution is -2.47. The van der Waals surface area contributed by atoms with Gasteiger partial charge in [0.15, 0.2) is 0 Å². The summed E-state index contributed by atoms with van der Waals surface area (Å²) in [4.78, 5) is 41.5. The summed E-state index contributed by atoms with van der Waals surface area (Å²) in [6, 6.07) is -5.37. The second-order valence-corrected chi connectivity index (χ2v) is 12.6. The zero-order valence-electron chi connectivity index (χ0n) is 20.9. The Morgan fingerprint density at radius 3 is 0.977 bits per heavy atom. The summed E-state index contributed by atoms with van der Waals surface area (Å²) in [6.45, 7) is 0. The number of anilines is 4. The van der Waals surface area contributed by atoms with E-state index >= 15 is 0 Å². The minimum Gasteiger partial charge on any atom is -0.350 e. The highest BCUT2D eigenvalue weighted by Gasteiger charge is 2.35. The number of primary amides is 4. The molecule has 0 heterocycles. The van der Waals surface area contributed by atoms with E-state index in [9.17, 15) is 53.5 Å². The van der Waals surface area contributed by atoms with Crippen molar-refractivity contribution in [3.8, 4) is 0 Å². The van der Waals surface area contributed by atoms with Crippen molar-refractivity contribution in [2.24, 2.45) is 46.3 Å². The van der Waals surface area contributed by atoms with Crippen molar-refractivity contribution in [1.82, 2.24) is 0 Å². The Labute approximate surface area is 240 Å². The Hall–Kier alpha value is -4.87. The fraction of sp³-hybridized carbons (Fsp3) is 0. The van der Waals surface area contributed by atoms with Crippen LogP contribution in [0.3, 0.4) is 0 Å². The van der Waals surface area contributed by atoms with Gasteiger partial charge in [0, 0.05) is 0 Å². The second-order valence-electron chi connectivity index (χ2n) is 7.86. The molecule has 27 heteroatoms. The van der Waals surface area contributed by atoms with Crippen molar-refractivity contribution in [1.29, 1.82) is 0 Å². The number of carbonyl (C=O) groups excluding carboxylic acids is 4. The van der Waals surface area contributed by atoms with Crippen LogP contribution >= 0.6 is 0 Å². The largest absolute Gasteiger partial charge is 0.350 e. The third-order valence-corrected chi connectivity index (χ3v) is 8.63. The van der Waals surface area contributed by atoms with Crippen molar-refractivity contribution in [2.75, 3.05) is 20.0 Å². The van der Waals surface area contributed by atoms with E-state index in [2.05, 4.69) is 0 Å². The van der Waals surface area contributed by atoms with Crippen LogP contribution in [0.2, 0.25) is 0 Å². The van der Waals surface area contributed by atoms with Gasteiger partial charge in [0.25, 0.3) is 20.2 Å². The maximum Gasteiger partial charge on any atom is 0.333 e. The molecular weight excluding hydrogens is 648 g/mol. The fourth-order valence-electron chi connectivity index (χ4n) is 3.29. The third kappa shape index (κ3) is 6.63. The standard InChI is InChI=1S/C16H22N12O12S3/c17-13(29)25(21)7-1-5(3-9(42(35,36)37)11(7)27(23)15(19)31)41(33,34)6-2-8(26(22)14(18)30)12(28(24)16(20)32)10(4-6)43(38,39)40/h1-4H,21-24H2,(H2,17,29)(H2,18,30)(H2,19,31)(H2,20,32)(H,35,36,37)(H,38,39,40). The Morgan fingerprint density at radius 1 is 0.512 bits per heavy atom. The molecule has 0 aliphatic rings. The van der Waals surface area contributed by atoms with E-state index in [1.165, 1.54) is 0 Å². The molecule has 2 aromatic carbocycles. The molecule has 0 aromatic heterocycles. The zero-order chi connectivity index (χ0) is 33.6. The third-order valence-electron chi connectivity index (χ3n) is 5.18. The summed E-state index contributed by atoms with van der Waals surface area (Å²) in [7, 11) is -16.5. The molecule has 0 aliphatic heterocycles. The maximum atomic E-state index is 13.7. The number of amides is 8. The van der Waals surface area contributed by atoms with E-state index in [1.54, 1.807) is 0 Å². The number of carbonyl (C=O) groups is 4. The van der Waals surface area contributed by atoms with Gasteiger partial charge in [-0.2, -0.15) is 16.8 Å². The molecule has 8 amide bonds. The number of hydrazine groups is 4. The molecule has 0 unspecified atom stereocenters. The van der Waals surface area contributed by atoms with Gasteiger partial charge in [-0.3, -0.25) is 9.11 Å². The molecule has 0 bridgehead atoms. The molecule has 0 saturated carbocycles. The van der Waals surface area contributed by atoms with Crippen LogP contribution in [0.15, 0.2) is 43.8 Å². The van der Waals surface area contributed by atoms with Crippen molar-refractivity contribution >= 4 is 76.9 Å². The first-order chi connectivity index (χ1) is 19.3. The number of sulfone groups is 1. The minimum atomic E-state index is -5.58. The molecule has 0 fully saturated rings. The highest BCUT2D eigenvalue weighted by molar-refractivity contribution is 7.91. The predicted molar refractivity (Wildman–Crippen MR) is 143 cm³/mol. The van der Waals surface area contributed by atoms with E-state index in [0.29, 0.717) is 12.1 Å². The lowest BCUT2D eigenvalue weighted by Gasteiger charge is -2.26. The summed E-state index contributed by atoms with van der Waals surface area (Å²) in [5.41, 5.74) is 15.8.